The van der Waals surface area contributed by atoms with Crippen molar-refractivity contribution in [1.82, 2.24) is 14.1 Å². The maximum atomic E-state index is 13.1. The molecule has 19 nitrogen and oxygen atoms in total. The highest BCUT2D eigenvalue weighted by molar-refractivity contribution is 7.47. The first-order valence-electron chi connectivity index (χ1n) is 12.6. The van der Waals surface area contributed by atoms with Gasteiger partial charge in [0.05, 0.1) is 29.6 Å². The molecular weight excluding hydrogens is 599 g/mol. The Morgan fingerprint density at radius 3 is 2.56 bits per heavy atom. The van der Waals surface area contributed by atoms with Crippen LogP contribution in [-0.4, -0.2) is 77.8 Å². The van der Waals surface area contributed by atoms with Crippen LogP contribution < -0.4 is 28.5 Å². The van der Waals surface area contributed by atoms with Crippen LogP contribution in [-0.2, 0) is 36.2 Å². The van der Waals surface area contributed by atoms with Gasteiger partial charge in [-0.3, -0.25) is 33.0 Å². The van der Waals surface area contributed by atoms with Gasteiger partial charge in [-0.1, -0.05) is 0 Å². The molecule has 10 N–H and O–H groups in total. The van der Waals surface area contributed by atoms with Crippen molar-refractivity contribution >= 4 is 25.5 Å². The molecular formula is C23H27N6O13P. The summed E-state index contributed by atoms with van der Waals surface area (Å²) in [6.45, 7) is -0.253. The molecule has 3 aliphatic rings. The number of rotatable bonds is 8. The van der Waals surface area contributed by atoms with Gasteiger partial charge in [0.25, 0.3) is 5.56 Å². The third kappa shape index (κ3) is 5.25. The van der Waals surface area contributed by atoms with Gasteiger partial charge in [-0.2, -0.15) is 0 Å². The summed E-state index contributed by atoms with van der Waals surface area (Å²) in [6.07, 6.45) is -7.97. The number of fused-ring (bicyclic) bond motifs is 3. The van der Waals surface area contributed by atoms with Crippen LogP contribution in [0.4, 0.5) is 4.79 Å². The van der Waals surface area contributed by atoms with Crippen molar-refractivity contribution in [2.45, 2.75) is 56.8 Å². The number of nitrogens with one attached hydrogen (secondary N) is 1. The third-order valence-corrected chi connectivity index (χ3v) is 8.33. The number of aliphatic hydroxyl groups is 2. The number of nitrogens with two attached hydrogens (primary N) is 3. The average Bonchev–Trinajstić information content (AvgIpc) is 3.52. The minimum Gasteiger partial charge on any atom is -0.445 e. The van der Waals surface area contributed by atoms with Crippen molar-refractivity contribution in [2.24, 2.45) is 17.2 Å². The van der Waals surface area contributed by atoms with Gasteiger partial charge in [-0.15, -0.1) is 0 Å². The molecule has 4 heterocycles. The summed E-state index contributed by atoms with van der Waals surface area (Å²) in [6, 6.07) is -0.0767. The maximum Gasteiger partial charge on any atom is 0.472 e. The lowest BCUT2D eigenvalue weighted by Crippen LogP contribution is -2.37. The van der Waals surface area contributed by atoms with Gasteiger partial charge < -0.3 is 46.3 Å². The quantitative estimate of drug-likeness (QED) is 0.148. The Morgan fingerprint density at radius 1 is 1.21 bits per heavy atom. The standard InChI is InChI=1S/C23H27N6O13P/c1-7-13(25)18(33)12-8(5-39-22(26)35)14-20(9(24)4-29(14)15(12)16(7)31)42-43(37,38)40-6-10-17(32)19(34)21(41-10)28-3-2-11(30)27-23(28)36/h2-3,9-10,17,19-21,32,34H,4-6,24-25H2,1H3,(H2,26,35)(H,37,38)(H,27,30,36)/t9?,10-,17-,19-,20?,21-/m1/s1. The van der Waals surface area contributed by atoms with E-state index >= 15 is 0 Å². The van der Waals surface area contributed by atoms with Gasteiger partial charge in [0.15, 0.2) is 6.23 Å². The maximum absolute atomic E-state index is 13.1. The average molecular weight is 626 g/mol. The van der Waals surface area contributed by atoms with E-state index in [0.717, 1.165) is 16.8 Å². The number of hydrogen-bond acceptors (Lipinski definition) is 14. The molecule has 232 valence electrons. The number of phosphoric acid groups is 1. The van der Waals surface area contributed by atoms with Crippen LogP contribution >= 0.6 is 7.82 Å². The van der Waals surface area contributed by atoms with E-state index in [1.807, 2.05) is 4.98 Å². The van der Waals surface area contributed by atoms with Crippen LogP contribution in [0.5, 0.6) is 0 Å². The number of ether oxygens (including phenoxy) is 2. The number of carbonyl (C=O) groups is 3. The molecule has 1 fully saturated rings. The van der Waals surface area contributed by atoms with Gasteiger partial charge in [0.1, 0.15) is 36.7 Å². The number of phosphoric ester groups is 1. The van der Waals surface area contributed by atoms with Crippen LogP contribution in [0.15, 0.2) is 33.1 Å². The van der Waals surface area contributed by atoms with Gasteiger partial charge in [-0.05, 0) is 6.92 Å². The summed E-state index contributed by atoms with van der Waals surface area (Å²) in [5.41, 5.74) is 14.7. The van der Waals surface area contributed by atoms with E-state index in [1.165, 1.54) is 11.5 Å². The normalized spacial score (nSPS) is 28.1. The van der Waals surface area contributed by atoms with E-state index in [-0.39, 0.29) is 40.3 Å². The summed E-state index contributed by atoms with van der Waals surface area (Å²) in [7, 11) is -5.08. The first-order valence-corrected chi connectivity index (χ1v) is 14.1. The molecule has 20 heteroatoms. The van der Waals surface area contributed by atoms with Crippen molar-refractivity contribution in [3.8, 4) is 0 Å². The molecule has 0 aromatic carbocycles. The highest BCUT2D eigenvalue weighted by atomic mass is 31.2. The number of aromatic nitrogens is 3. The zero-order chi connectivity index (χ0) is 31.5. The molecule has 2 aliphatic heterocycles. The highest BCUT2D eigenvalue weighted by Crippen LogP contribution is 2.52. The van der Waals surface area contributed by atoms with Crippen molar-refractivity contribution in [2.75, 3.05) is 6.61 Å². The van der Waals surface area contributed by atoms with E-state index < -0.39 is 86.6 Å². The fourth-order valence-electron chi connectivity index (χ4n) is 5.28. The molecule has 1 amide bonds. The Balaban J connectivity index is 1.39. The number of allylic oxidation sites excluding steroid dienone is 2. The van der Waals surface area contributed by atoms with Gasteiger partial charge in [-0.25, -0.2) is 14.2 Å². The molecule has 0 saturated carbocycles. The lowest BCUT2D eigenvalue weighted by molar-refractivity contribution is -0.0564. The number of amides is 1. The fraction of sp³-hybridized carbons (Fsp3) is 0.435. The van der Waals surface area contributed by atoms with E-state index in [4.69, 9.17) is 35.7 Å². The Hall–Kier alpha value is -3.94. The molecule has 3 unspecified atom stereocenters. The number of aliphatic hydroxyl groups excluding tert-OH is 2. The molecule has 1 saturated heterocycles. The minimum atomic E-state index is -5.08. The summed E-state index contributed by atoms with van der Waals surface area (Å²) >= 11 is 0. The second kappa shape index (κ2) is 11.0. The number of primary amides is 1. The second-order valence-corrected chi connectivity index (χ2v) is 11.4. The Kier molecular flexibility index (Phi) is 7.78. The van der Waals surface area contributed by atoms with Crippen LogP contribution in [0.2, 0.25) is 0 Å². The van der Waals surface area contributed by atoms with Crippen molar-refractivity contribution in [3.63, 3.8) is 0 Å². The van der Waals surface area contributed by atoms with Crippen LogP contribution in [0.3, 0.4) is 0 Å². The lowest BCUT2D eigenvalue weighted by Gasteiger charge is -2.23. The smallest absolute Gasteiger partial charge is 0.445 e. The number of nitrogens with zero attached hydrogens (tertiary/aromatic N) is 2. The number of Topliss-reactive ketones (excluding diaryl/α,β-unsaturated/α-hetero) is 2. The molecule has 0 bridgehead atoms. The zero-order valence-corrected chi connectivity index (χ0v) is 23.1. The van der Waals surface area contributed by atoms with Gasteiger partial charge >= 0.3 is 19.6 Å². The van der Waals surface area contributed by atoms with Crippen molar-refractivity contribution in [1.29, 1.82) is 0 Å². The molecule has 7 atom stereocenters. The first-order chi connectivity index (χ1) is 20.1. The summed E-state index contributed by atoms with van der Waals surface area (Å²) < 4.78 is 35.9. The fourth-order valence-corrected chi connectivity index (χ4v) is 6.22. The lowest BCUT2D eigenvalue weighted by atomic mass is 9.89. The summed E-state index contributed by atoms with van der Waals surface area (Å²) in [4.78, 5) is 73.5. The molecule has 1 aliphatic carbocycles. The third-order valence-electron chi connectivity index (χ3n) is 7.36. The Morgan fingerprint density at radius 2 is 1.91 bits per heavy atom. The monoisotopic (exact) mass is 626 g/mol. The van der Waals surface area contributed by atoms with E-state index in [0.29, 0.717) is 0 Å². The molecule has 2 aromatic rings. The number of aromatic amines is 1. The molecule has 0 spiro atoms. The number of ketones is 2. The SMILES string of the molecule is CC1=C(N)C(=O)c2c(COC(N)=O)c3n(c2C1=O)CC(N)C3OP(=O)(O)OC[C@H]1O[C@@H](n2ccc(=O)[nH]c2=O)[C@H](O)[C@@H]1O. The van der Waals surface area contributed by atoms with E-state index in [1.54, 1.807) is 0 Å². The van der Waals surface area contributed by atoms with Crippen molar-refractivity contribution < 1.29 is 52.6 Å². The Labute approximate surface area is 240 Å². The Bertz CT molecular complexity index is 1730. The van der Waals surface area contributed by atoms with Gasteiger partial charge in [0, 0.05) is 29.9 Å². The summed E-state index contributed by atoms with van der Waals surface area (Å²) in [5, 5.41) is 20.8. The minimum absolute atomic E-state index is 0.0223. The largest absolute Gasteiger partial charge is 0.472 e. The predicted molar refractivity (Wildman–Crippen MR) is 139 cm³/mol. The van der Waals surface area contributed by atoms with Crippen LogP contribution in [0.1, 0.15) is 51.4 Å². The molecule has 0 radical (unpaired) electrons. The second-order valence-electron chi connectivity index (χ2n) is 10.0. The molecule has 43 heavy (non-hydrogen) atoms. The number of carbonyl (C=O) groups excluding carboxylic acids is 3. The first kappa shape index (κ1) is 30.5. The van der Waals surface area contributed by atoms with E-state index in [2.05, 4.69) is 0 Å². The topological polar surface area (TPSA) is 304 Å². The highest BCUT2D eigenvalue weighted by Gasteiger charge is 2.48. The summed E-state index contributed by atoms with van der Waals surface area (Å²) in [5.74, 6) is -1.35. The molecule has 2 aromatic heterocycles. The number of hydrogen-bond donors (Lipinski definition) is 7. The van der Waals surface area contributed by atoms with Crippen LogP contribution in [0, 0.1) is 0 Å². The van der Waals surface area contributed by atoms with Crippen molar-refractivity contribution in [3.05, 3.63) is 66.9 Å². The number of H-pyrrole nitrogens is 1. The zero-order valence-electron chi connectivity index (χ0n) is 22.2. The van der Waals surface area contributed by atoms with E-state index in [9.17, 15) is 43.6 Å². The van der Waals surface area contributed by atoms with Crippen LogP contribution in [0.25, 0.3) is 0 Å². The molecule has 5 rings (SSSR count). The predicted octanol–water partition coefficient (Wildman–Crippen LogP) is -2.62. The van der Waals surface area contributed by atoms with Gasteiger partial charge in [0.2, 0.25) is 11.6 Å².